The molecule has 0 spiro atoms. The van der Waals surface area contributed by atoms with Gasteiger partial charge in [0.2, 0.25) is 0 Å². The Morgan fingerprint density at radius 2 is 2.20 bits per heavy atom. The second-order valence-electron chi connectivity index (χ2n) is 3.06. The summed E-state index contributed by atoms with van der Waals surface area (Å²) in [5.41, 5.74) is 1.76. The molecule has 5 heteroatoms. The molecule has 0 amide bonds. The van der Waals surface area contributed by atoms with E-state index in [0.717, 1.165) is 24.1 Å². The third-order valence-electron chi connectivity index (χ3n) is 2.00. The monoisotopic (exact) mass is 247 g/mol. The summed E-state index contributed by atoms with van der Waals surface area (Å²) in [6.07, 6.45) is 2.89. The van der Waals surface area contributed by atoms with Crippen LogP contribution in [0.15, 0.2) is 12.3 Å². The van der Waals surface area contributed by atoms with E-state index in [1.807, 2.05) is 0 Å². The highest BCUT2D eigenvalue weighted by Gasteiger charge is 2.08. The Bertz CT molecular complexity index is 355. The van der Waals surface area contributed by atoms with E-state index in [-0.39, 0.29) is 11.4 Å². The quantitative estimate of drug-likeness (QED) is 0.815. The van der Waals surface area contributed by atoms with Crippen LogP contribution in [0.3, 0.4) is 0 Å². The zero-order valence-electron chi connectivity index (χ0n) is 8.04. The largest absolute Gasteiger partial charge is 0.478 e. The first-order valence-corrected chi connectivity index (χ1v) is 5.59. The lowest BCUT2D eigenvalue weighted by molar-refractivity contribution is 0.0696. The van der Waals surface area contributed by atoms with Gasteiger partial charge in [-0.15, -0.1) is 23.2 Å². The molecule has 0 radical (unpaired) electrons. The van der Waals surface area contributed by atoms with Crippen LogP contribution in [0.2, 0.25) is 0 Å². The molecule has 0 bridgehead atoms. The first-order valence-electron chi connectivity index (χ1n) is 4.52. The molecule has 0 saturated heterocycles. The topological polar surface area (TPSA) is 50.2 Å². The van der Waals surface area contributed by atoms with E-state index < -0.39 is 5.97 Å². The van der Waals surface area contributed by atoms with Gasteiger partial charge in [0.25, 0.3) is 0 Å². The summed E-state index contributed by atoms with van der Waals surface area (Å²) in [4.78, 5) is 14.8. The molecular weight excluding hydrogens is 237 g/mol. The number of carboxylic acid groups (broad SMARTS) is 1. The molecule has 82 valence electrons. The maximum atomic E-state index is 10.7. The standard InChI is InChI=1S/C10H11Cl2NO2/c11-3-1-2-9-7(5-12)4-8(6-13-9)10(14)15/h4,6H,1-3,5H2,(H,14,15). The predicted molar refractivity (Wildman–Crippen MR) is 59.8 cm³/mol. The Morgan fingerprint density at radius 1 is 1.47 bits per heavy atom. The summed E-state index contributed by atoms with van der Waals surface area (Å²) < 4.78 is 0. The van der Waals surface area contributed by atoms with Crippen molar-refractivity contribution in [1.82, 2.24) is 4.98 Å². The van der Waals surface area contributed by atoms with E-state index in [9.17, 15) is 4.79 Å². The van der Waals surface area contributed by atoms with Gasteiger partial charge in [-0.05, 0) is 24.5 Å². The van der Waals surface area contributed by atoms with Gasteiger partial charge in [-0.3, -0.25) is 4.98 Å². The lowest BCUT2D eigenvalue weighted by Gasteiger charge is -2.05. The number of carbonyl (C=O) groups is 1. The lowest BCUT2D eigenvalue weighted by Crippen LogP contribution is -2.03. The van der Waals surface area contributed by atoms with Crippen LogP contribution >= 0.6 is 23.2 Å². The van der Waals surface area contributed by atoms with Crippen molar-refractivity contribution in [2.75, 3.05) is 5.88 Å². The van der Waals surface area contributed by atoms with E-state index >= 15 is 0 Å². The van der Waals surface area contributed by atoms with Crippen LogP contribution in [0, 0.1) is 0 Å². The molecule has 0 fully saturated rings. The van der Waals surface area contributed by atoms with Crippen molar-refractivity contribution in [1.29, 1.82) is 0 Å². The van der Waals surface area contributed by atoms with Crippen molar-refractivity contribution in [3.63, 3.8) is 0 Å². The minimum absolute atomic E-state index is 0.167. The van der Waals surface area contributed by atoms with Crippen molar-refractivity contribution in [2.45, 2.75) is 18.7 Å². The van der Waals surface area contributed by atoms with Gasteiger partial charge in [0.1, 0.15) is 0 Å². The number of carboxylic acids is 1. The molecule has 1 aromatic rings. The normalized spacial score (nSPS) is 10.3. The summed E-state index contributed by atoms with van der Waals surface area (Å²) in [5.74, 6) is -0.159. The Kier molecular flexibility index (Phi) is 4.85. The van der Waals surface area contributed by atoms with Crippen LogP contribution < -0.4 is 0 Å². The lowest BCUT2D eigenvalue weighted by atomic mass is 10.1. The number of hydrogen-bond donors (Lipinski definition) is 1. The molecule has 15 heavy (non-hydrogen) atoms. The van der Waals surface area contributed by atoms with Crippen LogP contribution in [-0.2, 0) is 12.3 Å². The minimum Gasteiger partial charge on any atom is -0.478 e. The molecule has 0 saturated carbocycles. The number of hydrogen-bond acceptors (Lipinski definition) is 2. The van der Waals surface area contributed by atoms with E-state index in [0.29, 0.717) is 5.88 Å². The van der Waals surface area contributed by atoms with Crippen LogP contribution in [0.25, 0.3) is 0 Å². The number of alkyl halides is 2. The summed E-state index contributed by atoms with van der Waals surface area (Å²) in [5, 5.41) is 8.77. The first-order chi connectivity index (χ1) is 7.19. The molecule has 3 nitrogen and oxygen atoms in total. The van der Waals surface area contributed by atoms with E-state index in [1.165, 1.54) is 6.20 Å². The Hall–Kier alpha value is -0.800. The average Bonchev–Trinajstić information content (AvgIpc) is 2.25. The minimum atomic E-state index is -0.988. The van der Waals surface area contributed by atoms with Crippen molar-refractivity contribution in [3.8, 4) is 0 Å². The molecule has 0 unspecified atom stereocenters. The molecule has 0 atom stereocenters. The molecule has 0 aliphatic heterocycles. The predicted octanol–water partition coefficient (Wildman–Crippen LogP) is 2.69. The molecule has 0 aliphatic carbocycles. The number of rotatable bonds is 5. The maximum Gasteiger partial charge on any atom is 0.337 e. The summed E-state index contributed by atoms with van der Waals surface area (Å²) in [6.45, 7) is 0. The number of aromatic nitrogens is 1. The molecule has 0 aromatic carbocycles. The second kappa shape index (κ2) is 5.93. The van der Waals surface area contributed by atoms with E-state index in [1.54, 1.807) is 6.07 Å². The second-order valence-corrected chi connectivity index (χ2v) is 3.71. The summed E-state index contributed by atoms with van der Waals surface area (Å²) >= 11 is 11.3. The fraction of sp³-hybridized carbons (Fsp3) is 0.400. The third kappa shape index (κ3) is 3.36. The molecular formula is C10H11Cl2NO2. The summed E-state index contributed by atoms with van der Waals surface area (Å²) in [6, 6.07) is 1.56. The first kappa shape index (κ1) is 12.3. The number of pyridine rings is 1. The molecule has 1 heterocycles. The van der Waals surface area contributed by atoms with Crippen LogP contribution in [0.5, 0.6) is 0 Å². The smallest absolute Gasteiger partial charge is 0.337 e. The Labute approximate surface area is 98.0 Å². The number of halogens is 2. The number of aryl methyl sites for hydroxylation is 1. The van der Waals surface area contributed by atoms with Crippen molar-refractivity contribution in [3.05, 3.63) is 29.1 Å². The van der Waals surface area contributed by atoms with Gasteiger partial charge >= 0.3 is 5.97 Å². The number of aromatic carboxylic acids is 1. The van der Waals surface area contributed by atoms with Crippen LogP contribution in [-0.4, -0.2) is 21.9 Å². The zero-order valence-corrected chi connectivity index (χ0v) is 9.55. The average molecular weight is 248 g/mol. The van der Waals surface area contributed by atoms with E-state index in [2.05, 4.69) is 4.98 Å². The highest BCUT2D eigenvalue weighted by molar-refractivity contribution is 6.18. The van der Waals surface area contributed by atoms with Crippen molar-refractivity contribution in [2.24, 2.45) is 0 Å². The number of nitrogens with zero attached hydrogens (tertiary/aromatic N) is 1. The Morgan fingerprint density at radius 3 is 2.73 bits per heavy atom. The SMILES string of the molecule is O=C(O)c1cnc(CCCCl)c(CCl)c1. The fourth-order valence-electron chi connectivity index (χ4n) is 1.23. The van der Waals surface area contributed by atoms with Gasteiger partial charge in [0.05, 0.1) is 5.56 Å². The maximum absolute atomic E-state index is 10.7. The third-order valence-corrected chi connectivity index (χ3v) is 2.55. The summed E-state index contributed by atoms with van der Waals surface area (Å²) in [7, 11) is 0. The van der Waals surface area contributed by atoms with Gasteiger partial charge in [0, 0.05) is 23.7 Å². The zero-order chi connectivity index (χ0) is 11.3. The molecule has 1 aromatic heterocycles. The fourth-order valence-corrected chi connectivity index (χ4v) is 1.60. The Balaban J connectivity index is 2.93. The van der Waals surface area contributed by atoms with Gasteiger partial charge in [0.15, 0.2) is 0 Å². The van der Waals surface area contributed by atoms with Crippen molar-refractivity contribution >= 4 is 29.2 Å². The highest BCUT2D eigenvalue weighted by atomic mass is 35.5. The van der Waals surface area contributed by atoms with E-state index in [4.69, 9.17) is 28.3 Å². The van der Waals surface area contributed by atoms with Gasteiger partial charge < -0.3 is 5.11 Å². The van der Waals surface area contributed by atoms with Crippen LogP contribution in [0.4, 0.5) is 0 Å². The molecule has 1 N–H and O–H groups in total. The highest BCUT2D eigenvalue weighted by Crippen LogP contribution is 2.14. The van der Waals surface area contributed by atoms with Gasteiger partial charge in [-0.25, -0.2) is 4.79 Å². The van der Waals surface area contributed by atoms with Crippen LogP contribution in [0.1, 0.15) is 28.0 Å². The van der Waals surface area contributed by atoms with Gasteiger partial charge in [-0.1, -0.05) is 0 Å². The van der Waals surface area contributed by atoms with Crippen molar-refractivity contribution < 1.29 is 9.90 Å². The molecule has 1 rings (SSSR count). The molecule has 0 aliphatic rings. The van der Waals surface area contributed by atoms with Gasteiger partial charge in [-0.2, -0.15) is 0 Å².